The van der Waals surface area contributed by atoms with Crippen molar-refractivity contribution in [2.75, 3.05) is 25.6 Å². The smallest absolute Gasteiger partial charge is 0.259 e. The number of rotatable bonds is 4. The van der Waals surface area contributed by atoms with Crippen molar-refractivity contribution in [1.82, 2.24) is 24.9 Å². The van der Waals surface area contributed by atoms with E-state index in [0.717, 1.165) is 18.7 Å². The van der Waals surface area contributed by atoms with Gasteiger partial charge in [-0.3, -0.25) is 15.1 Å². The number of thiazole rings is 1. The summed E-state index contributed by atoms with van der Waals surface area (Å²) in [5.41, 5.74) is 3.30. The van der Waals surface area contributed by atoms with Gasteiger partial charge in [0.25, 0.3) is 5.91 Å². The fraction of sp³-hybridized carbons (Fsp3) is 0.250. The van der Waals surface area contributed by atoms with Gasteiger partial charge in [0.1, 0.15) is 16.6 Å². The molecule has 176 valence electrons. The third-order valence-electron chi connectivity index (χ3n) is 5.31. The maximum absolute atomic E-state index is 13.2. The van der Waals surface area contributed by atoms with Crippen molar-refractivity contribution < 1.29 is 14.3 Å². The van der Waals surface area contributed by atoms with Crippen molar-refractivity contribution >= 4 is 44.5 Å². The second kappa shape index (κ2) is 9.92. The largest absolute Gasteiger partial charge is 0.494 e. The Labute approximate surface area is 209 Å². The molecular formula is C24H19ClN6O3S. The SMILES string of the molecule is COc1cnc(Cl)cc1-c1cc(C)ncc1C(=O)Nc1nc2ncc(C#CC3CCOC3)nc2s1. The first-order valence-electron chi connectivity index (χ1n) is 10.7. The number of hydrogen-bond acceptors (Lipinski definition) is 9. The summed E-state index contributed by atoms with van der Waals surface area (Å²) in [6.45, 7) is 3.22. The summed E-state index contributed by atoms with van der Waals surface area (Å²) < 4.78 is 10.8. The van der Waals surface area contributed by atoms with E-state index in [4.69, 9.17) is 21.1 Å². The molecule has 11 heteroatoms. The van der Waals surface area contributed by atoms with E-state index < -0.39 is 0 Å². The van der Waals surface area contributed by atoms with Crippen LogP contribution in [0.25, 0.3) is 21.6 Å². The lowest BCUT2D eigenvalue weighted by atomic mass is 10.0. The Morgan fingerprint density at radius 2 is 2.09 bits per heavy atom. The zero-order chi connectivity index (χ0) is 24.4. The quantitative estimate of drug-likeness (QED) is 0.324. The standard InChI is InChI=1S/C24H19ClN6O3S/c1-13-7-16(17-8-20(25)27-11-19(17)33-2)18(10-26-13)22(32)31-24-30-21-23(35-24)29-15(9-28-21)4-3-14-5-6-34-12-14/h7-11,14H,5-6,12H2,1-2H3,(H,28,30,31,32). The molecule has 5 heterocycles. The van der Waals surface area contributed by atoms with Crippen molar-refractivity contribution in [1.29, 1.82) is 0 Å². The first-order valence-corrected chi connectivity index (χ1v) is 11.9. The number of anilines is 1. The number of hydrogen-bond donors (Lipinski definition) is 1. The molecule has 0 saturated carbocycles. The Morgan fingerprint density at radius 1 is 1.20 bits per heavy atom. The monoisotopic (exact) mass is 506 g/mol. The summed E-state index contributed by atoms with van der Waals surface area (Å²) in [6, 6.07) is 3.45. The van der Waals surface area contributed by atoms with Crippen LogP contribution in [0.2, 0.25) is 5.15 Å². The fourth-order valence-electron chi connectivity index (χ4n) is 3.58. The van der Waals surface area contributed by atoms with E-state index in [-0.39, 0.29) is 17.0 Å². The number of aryl methyl sites for hydroxylation is 1. The second-order valence-corrected chi connectivity index (χ2v) is 9.13. The van der Waals surface area contributed by atoms with Gasteiger partial charge in [0.2, 0.25) is 0 Å². The lowest BCUT2D eigenvalue weighted by Crippen LogP contribution is -2.14. The predicted molar refractivity (Wildman–Crippen MR) is 133 cm³/mol. The summed E-state index contributed by atoms with van der Waals surface area (Å²) in [6.07, 6.45) is 5.53. The molecule has 1 atom stereocenters. The average Bonchev–Trinajstić information content (AvgIpc) is 3.51. The van der Waals surface area contributed by atoms with Crippen molar-refractivity contribution in [3.63, 3.8) is 0 Å². The normalized spacial score (nSPS) is 15.0. The van der Waals surface area contributed by atoms with Crippen LogP contribution in [0.15, 0.2) is 30.7 Å². The third kappa shape index (κ3) is 5.07. The van der Waals surface area contributed by atoms with E-state index in [9.17, 15) is 4.79 Å². The molecule has 9 nitrogen and oxygen atoms in total. The Balaban J connectivity index is 1.43. The number of carbonyl (C=O) groups is 1. The van der Waals surface area contributed by atoms with E-state index in [1.165, 1.54) is 30.8 Å². The number of amides is 1. The number of pyridine rings is 2. The summed E-state index contributed by atoms with van der Waals surface area (Å²) in [4.78, 5) is 35.4. The minimum atomic E-state index is -0.386. The van der Waals surface area contributed by atoms with Gasteiger partial charge in [0.05, 0.1) is 31.7 Å². The van der Waals surface area contributed by atoms with E-state index >= 15 is 0 Å². The summed E-state index contributed by atoms with van der Waals surface area (Å²) in [7, 11) is 1.53. The number of nitrogens with one attached hydrogen (secondary N) is 1. The van der Waals surface area contributed by atoms with E-state index in [1.54, 1.807) is 18.3 Å². The summed E-state index contributed by atoms with van der Waals surface area (Å²) >= 11 is 7.34. The zero-order valence-electron chi connectivity index (χ0n) is 18.8. The first kappa shape index (κ1) is 23.1. The molecule has 4 aromatic rings. The van der Waals surface area contributed by atoms with Gasteiger partial charge in [-0.15, -0.1) is 0 Å². The Bertz CT molecular complexity index is 1490. The number of carbonyl (C=O) groups excluding carboxylic acids is 1. The number of aromatic nitrogens is 5. The molecule has 1 aliphatic rings. The molecule has 5 rings (SSSR count). The molecule has 0 aliphatic carbocycles. The molecule has 1 saturated heterocycles. The van der Waals surface area contributed by atoms with E-state index in [0.29, 0.717) is 50.3 Å². The lowest BCUT2D eigenvalue weighted by Gasteiger charge is -2.13. The molecule has 1 amide bonds. The molecule has 0 aromatic carbocycles. The third-order valence-corrected chi connectivity index (χ3v) is 6.37. The van der Waals surface area contributed by atoms with E-state index in [1.807, 2.05) is 6.92 Å². The number of ether oxygens (including phenoxy) is 2. The van der Waals surface area contributed by atoms with Gasteiger partial charge in [0.15, 0.2) is 15.6 Å². The highest BCUT2D eigenvalue weighted by Crippen LogP contribution is 2.34. The number of nitrogens with zero attached hydrogens (tertiary/aromatic N) is 5. The van der Waals surface area contributed by atoms with Crippen LogP contribution in [-0.4, -0.2) is 51.2 Å². The number of halogens is 1. The molecule has 35 heavy (non-hydrogen) atoms. The van der Waals surface area contributed by atoms with Crippen LogP contribution in [0.4, 0.5) is 5.13 Å². The number of fused-ring (bicyclic) bond motifs is 1. The van der Waals surface area contributed by atoms with Crippen LogP contribution < -0.4 is 10.1 Å². The van der Waals surface area contributed by atoms with Crippen molar-refractivity contribution in [3.8, 4) is 28.7 Å². The van der Waals surface area contributed by atoms with Crippen molar-refractivity contribution in [2.45, 2.75) is 13.3 Å². The van der Waals surface area contributed by atoms with E-state index in [2.05, 4.69) is 42.1 Å². The highest BCUT2D eigenvalue weighted by molar-refractivity contribution is 7.21. The number of methoxy groups -OCH3 is 1. The predicted octanol–water partition coefficient (Wildman–Crippen LogP) is 4.15. The fourth-order valence-corrected chi connectivity index (χ4v) is 4.53. The average molecular weight is 507 g/mol. The van der Waals surface area contributed by atoms with Crippen molar-refractivity contribution in [3.05, 3.63) is 52.8 Å². The zero-order valence-corrected chi connectivity index (χ0v) is 20.4. The topological polar surface area (TPSA) is 112 Å². The molecule has 1 unspecified atom stereocenters. The maximum Gasteiger partial charge on any atom is 0.259 e. The Morgan fingerprint density at radius 3 is 2.89 bits per heavy atom. The molecule has 1 aliphatic heterocycles. The first-order chi connectivity index (χ1) is 17.0. The van der Waals surface area contributed by atoms with Gasteiger partial charge >= 0.3 is 0 Å². The van der Waals surface area contributed by atoms with Gasteiger partial charge in [-0.2, -0.15) is 4.98 Å². The van der Waals surface area contributed by atoms with Gasteiger partial charge in [0, 0.05) is 35.5 Å². The molecule has 4 aromatic heterocycles. The highest BCUT2D eigenvalue weighted by atomic mass is 35.5. The van der Waals surface area contributed by atoms with Crippen LogP contribution in [0, 0.1) is 24.7 Å². The summed E-state index contributed by atoms with van der Waals surface area (Å²) in [5, 5.41) is 3.48. The molecule has 0 spiro atoms. The maximum atomic E-state index is 13.2. The minimum absolute atomic E-state index is 0.218. The minimum Gasteiger partial charge on any atom is -0.494 e. The molecule has 1 fully saturated rings. The highest BCUT2D eigenvalue weighted by Gasteiger charge is 2.20. The van der Waals surface area contributed by atoms with Gasteiger partial charge in [-0.05, 0) is 31.4 Å². The Kier molecular flexibility index (Phi) is 6.55. The van der Waals surface area contributed by atoms with Crippen LogP contribution in [0.5, 0.6) is 5.75 Å². The van der Waals surface area contributed by atoms with Crippen LogP contribution in [-0.2, 0) is 4.74 Å². The van der Waals surface area contributed by atoms with Gasteiger partial charge in [-0.1, -0.05) is 28.9 Å². The van der Waals surface area contributed by atoms with Gasteiger partial charge < -0.3 is 9.47 Å². The second-order valence-electron chi connectivity index (χ2n) is 7.77. The van der Waals surface area contributed by atoms with Crippen molar-refractivity contribution in [2.24, 2.45) is 5.92 Å². The lowest BCUT2D eigenvalue weighted by molar-refractivity contribution is 0.102. The molecular weight excluding hydrogens is 488 g/mol. The molecule has 0 radical (unpaired) electrons. The Hall–Kier alpha value is -3.65. The van der Waals surface area contributed by atoms with Crippen LogP contribution in [0.1, 0.15) is 28.2 Å². The van der Waals surface area contributed by atoms with Crippen LogP contribution in [0.3, 0.4) is 0 Å². The molecule has 0 bridgehead atoms. The molecule has 1 N–H and O–H groups in total. The van der Waals surface area contributed by atoms with Gasteiger partial charge in [-0.25, -0.2) is 15.0 Å². The van der Waals surface area contributed by atoms with Crippen LogP contribution >= 0.6 is 22.9 Å². The summed E-state index contributed by atoms with van der Waals surface area (Å²) in [5.74, 6) is 6.54.